The summed E-state index contributed by atoms with van der Waals surface area (Å²) in [6.45, 7) is 5.46. The minimum Gasteiger partial charge on any atom is -0.368 e. The van der Waals surface area contributed by atoms with Gasteiger partial charge in [0.1, 0.15) is 5.54 Å². The zero-order valence-electron chi connectivity index (χ0n) is 13.5. The Morgan fingerprint density at radius 2 is 1.85 bits per heavy atom. The number of primary amides is 1. The van der Waals surface area contributed by atoms with Crippen LogP contribution in [0.2, 0.25) is 0 Å². The molecule has 0 saturated heterocycles. The lowest BCUT2D eigenvalue weighted by atomic mass is 9.75. The van der Waals surface area contributed by atoms with Crippen LogP contribution in [0.1, 0.15) is 52.4 Å². The average Bonchev–Trinajstić information content (AvgIpc) is 3.19. The van der Waals surface area contributed by atoms with Crippen molar-refractivity contribution < 1.29 is 4.79 Å². The lowest BCUT2D eigenvalue weighted by Crippen LogP contribution is -2.62. The van der Waals surface area contributed by atoms with Gasteiger partial charge in [-0.15, -0.1) is 0 Å². The number of hydrogen-bond donors (Lipinski definition) is 2. The monoisotopic (exact) mass is 281 g/mol. The Bertz CT molecular complexity index is 355. The molecule has 2 aliphatic carbocycles. The fraction of sp³-hybridized carbons (Fsp3) is 0.938. The van der Waals surface area contributed by atoms with Crippen LogP contribution in [0.15, 0.2) is 0 Å². The van der Waals surface area contributed by atoms with Crippen LogP contribution in [0, 0.1) is 11.3 Å². The van der Waals surface area contributed by atoms with E-state index in [0.717, 1.165) is 19.4 Å². The van der Waals surface area contributed by atoms with Crippen molar-refractivity contribution in [2.75, 3.05) is 20.6 Å². The summed E-state index contributed by atoms with van der Waals surface area (Å²) in [6, 6.07) is 0.592. The molecule has 0 aliphatic heterocycles. The first kappa shape index (κ1) is 15.8. The number of hydrogen-bond acceptors (Lipinski definition) is 3. The van der Waals surface area contributed by atoms with Gasteiger partial charge < -0.3 is 16.0 Å². The topological polar surface area (TPSA) is 58.4 Å². The number of nitrogens with zero attached hydrogens (tertiary/aromatic N) is 1. The van der Waals surface area contributed by atoms with Crippen molar-refractivity contribution in [1.29, 1.82) is 0 Å². The zero-order valence-corrected chi connectivity index (χ0v) is 13.5. The Kier molecular flexibility index (Phi) is 4.45. The fourth-order valence-corrected chi connectivity index (χ4v) is 3.74. The van der Waals surface area contributed by atoms with E-state index in [0.29, 0.717) is 17.4 Å². The van der Waals surface area contributed by atoms with Crippen molar-refractivity contribution in [2.45, 2.75) is 64.0 Å². The minimum atomic E-state index is -0.526. The first-order chi connectivity index (χ1) is 9.31. The Morgan fingerprint density at radius 1 is 1.30 bits per heavy atom. The molecule has 2 fully saturated rings. The molecule has 1 atom stereocenters. The molecular formula is C16H31N3O. The van der Waals surface area contributed by atoms with Gasteiger partial charge in [0.15, 0.2) is 0 Å². The molecule has 0 aromatic carbocycles. The average molecular weight is 281 g/mol. The van der Waals surface area contributed by atoms with Crippen molar-refractivity contribution in [3.63, 3.8) is 0 Å². The van der Waals surface area contributed by atoms with Gasteiger partial charge in [-0.25, -0.2) is 0 Å². The molecule has 0 spiro atoms. The van der Waals surface area contributed by atoms with E-state index in [2.05, 4.69) is 31.1 Å². The molecule has 0 bridgehead atoms. The van der Waals surface area contributed by atoms with Gasteiger partial charge in [0.25, 0.3) is 0 Å². The second kappa shape index (κ2) is 5.64. The van der Waals surface area contributed by atoms with E-state index in [9.17, 15) is 4.79 Å². The molecule has 20 heavy (non-hydrogen) atoms. The summed E-state index contributed by atoms with van der Waals surface area (Å²) in [5.74, 6) is 0.234. The maximum absolute atomic E-state index is 12.0. The highest BCUT2D eigenvalue weighted by Gasteiger charge is 2.50. The molecule has 2 saturated carbocycles. The molecule has 3 N–H and O–H groups in total. The molecule has 4 heteroatoms. The third-order valence-electron chi connectivity index (χ3n) is 5.59. The number of nitrogens with one attached hydrogen (secondary N) is 1. The van der Waals surface area contributed by atoms with Crippen molar-refractivity contribution in [1.82, 2.24) is 10.2 Å². The Balaban J connectivity index is 1.99. The number of carbonyl (C=O) groups is 1. The van der Waals surface area contributed by atoms with Crippen LogP contribution in [-0.2, 0) is 4.79 Å². The quantitative estimate of drug-likeness (QED) is 0.779. The molecule has 2 aliphatic rings. The maximum Gasteiger partial charge on any atom is 0.239 e. The van der Waals surface area contributed by atoms with Gasteiger partial charge in [0.2, 0.25) is 5.91 Å². The van der Waals surface area contributed by atoms with E-state index in [1.54, 1.807) is 0 Å². The van der Waals surface area contributed by atoms with Crippen LogP contribution in [0.4, 0.5) is 0 Å². The van der Waals surface area contributed by atoms with E-state index in [4.69, 9.17) is 5.73 Å². The van der Waals surface area contributed by atoms with Gasteiger partial charge in [-0.05, 0) is 64.0 Å². The molecule has 4 nitrogen and oxygen atoms in total. The lowest BCUT2D eigenvalue weighted by molar-refractivity contribution is -0.126. The third kappa shape index (κ3) is 3.17. The van der Waals surface area contributed by atoms with Gasteiger partial charge in [0, 0.05) is 12.6 Å². The zero-order chi connectivity index (χ0) is 15.0. The smallest absolute Gasteiger partial charge is 0.239 e. The second-order valence-corrected chi connectivity index (χ2v) is 7.67. The largest absolute Gasteiger partial charge is 0.368 e. The van der Waals surface area contributed by atoms with Gasteiger partial charge in [-0.2, -0.15) is 0 Å². The highest BCUT2D eigenvalue weighted by atomic mass is 16.1. The van der Waals surface area contributed by atoms with Crippen molar-refractivity contribution >= 4 is 5.91 Å². The normalized spacial score (nSPS) is 26.4. The van der Waals surface area contributed by atoms with E-state index >= 15 is 0 Å². The summed E-state index contributed by atoms with van der Waals surface area (Å²) < 4.78 is 0. The predicted octanol–water partition coefficient (Wildman–Crippen LogP) is 1.74. The molecule has 0 aromatic heterocycles. The number of amides is 1. The van der Waals surface area contributed by atoms with Gasteiger partial charge >= 0.3 is 0 Å². The Morgan fingerprint density at radius 3 is 2.25 bits per heavy atom. The summed E-state index contributed by atoms with van der Waals surface area (Å²) in [7, 11) is 4.03. The molecule has 1 amide bonds. The van der Waals surface area contributed by atoms with Gasteiger partial charge in [-0.3, -0.25) is 4.79 Å². The summed E-state index contributed by atoms with van der Waals surface area (Å²) in [6.07, 6.45) is 7.24. The number of likely N-dealkylation sites (N-methyl/N-ethyl adjacent to an activating group) is 2. The Labute approximate surface area is 123 Å². The molecule has 116 valence electrons. The summed E-state index contributed by atoms with van der Waals surface area (Å²) >= 11 is 0. The lowest BCUT2D eigenvalue weighted by Gasteiger charge is -2.42. The molecule has 2 rings (SSSR count). The predicted molar refractivity (Wildman–Crippen MR) is 82.4 cm³/mol. The highest BCUT2D eigenvalue weighted by molar-refractivity contribution is 5.86. The minimum absolute atomic E-state index is 0.189. The van der Waals surface area contributed by atoms with Gasteiger partial charge in [0.05, 0.1) is 0 Å². The number of carbonyl (C=O) groups excluding carboxylic acids is 1. The van der Waals surface area contributed by atoms with Crippen molar-refractivity contribution in [2.24, 2.45) is 17.1 Å². The maximum atomic E-state index is 12.0. The van der Waals surface area contributed by atoms with Crippen LogP contribution < -0.4 is 11.1 Å². The second-order valence-electron chi connectivity index (χ2n) is 7.67. The molecule has 0 radical (unpaired) electrons. The molecule has 0 heterocycles. The van der Waals surface area contributed by atoms with Crippen LogP contribution >= 0.6 is 0 Å². The van der Waals surface area contributed by atoms with Gasteiger partial charge in [-0.1, -0.05) is 13.8 Å². The third-order valence-corrected chi connectivity index (χ3v) is 5.59. The highest BCUT2D eigenvalue weighted by Crippen LogP contribution is 2.41. The number of nitrogens with two attached hydrogens (primary N) is 1. The van der Waals surface area contributed by atoms with E-state index in [-0.39, 0.29) is 5.91 Å². The molecule has 1 unspecified atom stereocenters. The van der Waals surface area contributed by atoms with Crippen LogP contribution in [0.25, 0.3) is 0 Å². The molecular weight excluding hydrogens is 250 g/mol. The first-order valence-corrected chi connectivity index (χ1v) is 8.00. The van der Waals surface area contributed by atoms with E-state index < -0.39 is 5.54 Å². The van der Waals surface area contributed by atoms with Crippen LogP contribution in [0.3, 0.4) is 0 Å². The summed E-state index contributed by atoms with van der Waals surface area (Å²) in [5.41, 5.74) is 5.67. The van der Waals surface area contributed by atoms with E-state index in [1.807, 2.05) is 7.05 Å². The fourth-order valence-electron chi connectivity index (χ4n) is 3.74. The molecule has 0 aromatic rings. The standard InChI is InChI=1S/C16H31N3O/c1-15(2)9-7-13(8-10-15)19(4)11-16(18-3,14(17)20)12-5-6-12/h12-13,18H,5-11H2,1-4H3,(H2,17,20). The summed E-state index contributed by atoms with van der Waals surface area (Å²) in [5, 5.41) is 3.25. The Hall–Kier alpha value is -0.610. The SMILES string of the molecule is CNC(CN(C)C1CCC(C)(C)CC1)(C(N)=O)C1CC1. The first-order valence-electron chi connectivity index (χ1n) is 8.00. The van der Waals surface area contributed by atoms with Crippen molar-refractivity contribution in [3.05, 3.63) is 0 Å². The summed E-state index contributed by atoms with van der Waals surface area (Å²) in [4.78, 5) is 14.4. The van der Waals surface area contributed by atoms with E-state index in [1.165, 1.54) is 25.7 Å². The van der Waals surface area contributed by atoms with Crippen LogP contribution in [-0.4, -0.2) is 43.0 Å². The van der Waals surface area contributed by atoms with Crippen molar-refractivity contribution in [3.8, 4) is 0 Å². The number of rotatable bonds is 6. The van der Waals surface area contributed by atoms with Crippen LogP contribution in [0.5, 0.6) is 0 Å².